The monoisotopic (exact) mass is 396 g/mol. The molecule has 0 heteroatoms. The lowest BCUT2D eigenvalue weighted by Gasteiger charge is -3.06. The lowest BCUT2D eigenvalue weighted by molar-refractivity contribution is -0.587. The van der Waals surface area contributed by atoms with E-state index in [1.54, 1.807) is 70.6 Å². The highest BCUT2D eigenvalue weighted by Crippen LogP contribution is 3.08. The van der Waals surface area contributed by atoms with Crippen molar-refractivity contribution in [1.29, 1.82) is 0 Å². The molecule has 5 spiro atoms. The molecule has 0 N–H and O–H groups in total. The van der Waals surface area contributed by atoms with Gasteiger partial charge in [-0.05, 0) is 181 Å². The number of hydrogen-bond acceptors (Lipinski definition) is 0. The lowest BCUT2D eigenvalue weighted by Crippen LogP contribution is -3.01. The molecule has 0 radical (unpaired) electrons. The highest BCUT2D eigenvalue weighted by atomic mass is 15.1. The third kappa shape index (κ3) is 0.797. The molecule has 19 atom stereocenters. The maximum absolute atomic E-state index is 1.80. The van der Waals surface area contributed by atoms with Crippen molar-refractivity contribution in [3.05, 3.63) is 0 Å². The van der Waals surface area contributed by atoms with Crippen molar-refractivity contribution in [3.63, 3.8) is 0 Å². The zero-order valence-corrected chi connectivity index (χ0v) is 18.4. The molecule has 0 aromatic heterocycles. The summed E-state index contributed by atoms with van der Waals surface area (Å²) in [4.78, 5) is 0. The minimum atomic E-state index is 0.912. The van der Waals surface area contributed by atoms with Gasteiger partial charge < -0.3 is 0 Å². The predicted molar refractivity (Wildman–Crippen MR) is 112 cm³/mol. The molecule has 19 saturated carbocycles. The van der Waals surface area contributed by atoms with E-state index in [1.807, 2.05) is 0 Å². The number of rotatable bonds is 0. The van der Waals surface area contributed by atoms with Gasteiger partial charge in [0.1, 0.15) is 0 Å². The molecule has 0 aromatic carbocycles. The van der Waals surface area contributed by atoms with Crippen molar-refractivity contribution in [2.45, 2.75) is 70.6 Å². The second kappa shape index (κ2) is 3.30. The van der Waals surface area contributed by atoms with Gasteiger partial charge in [-0.2, -0.15) is 0 Å². The van der Waals surface area contributed by atoms with Gasteiger partial charge in [0.25, 0.3) is 0 Å². The van der Waals surface area contributed by atoms with Crippen molar-refractivity contribution in [2.24, 2.45) is 110 Å². The second-order valence-electron chi connectivity index (χ2n) is 16.9. The third-order valence-corrected chi connectivity index (χ3v) is 18.1. The highest BCUT2D eigenvalue weighted by molar-refractivity contribution is 5.50. The molecule has 156 valence electrons. The van der Waals surface area contributed by atoms with Gasteiger partial charge in [0.15, 0.2) is 0 Å². The molecule has 19 bridgehead atoms. The van der Waals surface area contributed by atoms with Gasteiger partial charge in [-0.15, -0.1) is 0 Å². The largest absolute Gasteiger partial charge is 0.0470 e. The molecule has 19 fully saturated rings. The minimum absolute atomic E-state index is 0.912. The topological polar surface area (TPSA) is 0 Å². The van der Waals surface area contributed by atoms with Gasteiger partial charge in [0.05, 0.1) is 0 Å². The van der Waals surface area contributed by atoms with E-state index in [1.165, 1.54) is 82.9 Å². The summed E-state index contributed by atoms with van der Waals surface area (Å²) in [6, 6.07) is 0. The summed E-state index contributed by atoms with van der Waals surface area (Å²) < 4.78 is 0. The third-order valence-electron chi connectivity index (χ3n) is 18.1. The molecule has 0 heterocycles. The van der Waals surface area contributed by atoms with E-state index in [4.69, 9.17) is 0 Å². The van der Waals surface area contributed by atoms with Gasteiger partial charge in [-0.25, -0.2) is 0 Å². The fourth-order valence-corrected chi connectivity index (χ4v) is 21.0. The van der Waals surface area contributed by atoms with Crippen LogP contribution in [0.25, 0.3) is 0 Å². The summed E-state index contributed by atoms with van der Waals surface area (Å²) in [6.45, 7) is 0. The van der Waals surface area contributed by atoms with Crippen LogP contribution in [0.1, 0.15) is 70.6 Å². The first-order valence-corrected chi connectivity index (χ1v) is 14.7. The first-order chi connectivity index (χ1) is 14.7. The summed E-state index contributed by atoms with van der Waals surface area (Å²) >= 11 is 0. The van der Waals surface area contributed by atoms with Crippen LogP contribution in [0.2, 0.25) is 0 Å². The van der Waals surface area contributed by atoms with Crippen molar-refractivity contribution in [3.8, 4) is 0 Å². The normalized spacial score (nSPS) is 91.2. The first-order valence-electron chi connectivity index (χ1n) is 14.7. The van der Waals surface area contributed by atoms with Crippen LogP contribution in [0.4, 0.5) is 0 Å². The van der Waals surface area contributed by atoms with Crippen molar-refractivity contribution in [2.75, 3.05) is 0 Å². The van der Waals surface area contributed by atoms with Crippen LogP contribution in [0.15, 0.2) is 0 Å². The van der Waals surface area contributed by atoms with Crippen molar-refractivity contribution < 1.29 is 0 Å². The Morgan fingerprint density at radius 1 is 0.467 bits per heavy atom. The minimum Gasteiger partial charge on any atom is -0.0470 e. The summed E-state index contributed by atoms with van der Waals surface area (Å²) in [5.41, 5.74) is 4.62. The fourth-order valence-electron chi connectivity index (χ4n) is 21.0. The summed E-state index contributed by atoms with van der Waals surface area (Å²) in [5.74, 6) is 17.4. The molecular weight excluding hydrogens is 360 g/mol. The van der Waals surface area contributed by atoms with Gasteiger partial charge in [0, 0.05) is 0 Å². The van der Waals surface area contributed by atoms with E-state index in [0.717, 1.165) is 27.1 Å². The molecule has 19 unspecified atom stereocenters. The first kappa shape index (κ1) is 14.3. The fraction of sp³-hybridized carbons (Fsp3) is 1.00. The Balaban J connectivity index is 1.30. The van der Waals surface area contributed by atoms with Gasteiger partial charge in [-0.3, -0.25) is 0 Å². The summed E-state index contributed by atoms with van der Waals surface area (Å²) in [5, 5.41) is 0. The molecule has 19 aliphatic carbocycles. The van der Waals surface area contributed by atoms with Crippen LogP contribution >= 0.6 is 0 Å². The predicted octanol–water partition coefficient (Wildman–Crippen LogP) is 6.01. The molecule has 19 aliphatic rings. The van der Waals surface area contributed by atoms with Crippen LogP contribution in [0.3, 0.4) is 0 Å². The van der Waals surface area contributed by atoms with Crippen LogP contribution in [0, 0.1) is 110 Å². The smallest absolute Gasteiger partial charge is 0.0110 e. The maximum atomic E-state index is 1.80. The van der Waals surface area contributed by atoms with Crippen LogP contribution in [-0.2, 0) is 0 Å². The van der Waals surface area contributed by atoms with Gasteiger partial charge in [-0.1, -0.05) is 0 Å². The van der Waals surface area contributed by atoms with Crippen molar-refractivity contribution in [1.82, 2.24) is 0 Å². The average Bonchev–Trinajstić information content (AvgIpc) is 2.69. The quantitative estimate of drug-likeness (QED) is 0.470. The maximum Gasteiger partial charge on any atom is -0.0110 e. The zero-order valence-electron chi connectivity index (χ0n) is 18.4. The lowest BCUT2D eigenvalue weighted by atomic mass is 8.98. The van der Waals surface area contributed by atoms with E-state index in [9.17, 15) is 0 Å². The number of hydrogen-bond donors (Lipinski definition) is 0. The highest BCUT2D eigenvalue weighted by Gasteiger charge is 3.03. The second-order valence-corrected chi connectivity index (χ2v) is 16.9. The molecule has 30 heavy (non-hydrogen) atoms. The summed E-state index contributed by atoms with van der Waals surface area (Å²) in [6.07, 6.45) is 19.4. The van der Waals surface area contributed by atoms with E-state index in [-0.39, 0.29) is 0 Å². The Morgan fingerprint density at radius 3 is 2.23 bits per heavy atom. The van der Waals surface area contributed by atoms with Gasteiger partial charge >= 0.3 is 0 Å². The van der Waals surface area contributed by atoms with E-state index in [0.29, 0.717) is 0 Å². The van der Waals surface area contributed by atoms with Crippen LogP contribution in [-0.4, -0.2) is 0 Å². The molecule has 0 saturated heterocycles. The Kier molecular flexibility index (Phi) is 1.57. The van der Waals surface area contributed by atoms with E-state index < -0.39 is 0 Å². The molecule has 0 nitrogen and oxygen atoms in total. The van der Waals surface area contributed by atoms with E-state index >= 15 is 0 Å². The SMILES string of the molecule is C1C2CC3C4CC5C6CC78CC9CC%10C%11C%12CC%13CC%11(C9)C7C5(C%13)C3%12C(C2)(C6C14)C%108. The Morgan fingerprint density at radius 2 is 1.27 bits per heavy atom. The Hall–Kier alpha value is 0. The molecule has 0 aliphatic heterocycles. The molecule has 0 aromatic rings. The van der Waals surface area contributed by atoms with E-state index in [2.05, 4.69) is 0 Å². The van der Waals surface area contributed by atoms with Gasteiger partial charge in [0.2, 0.25) is 0 Å². The molecule has 19 rings (SSSR count). The summed E-state index contributed by atoms with van der Waals surface area (Å²) in [7, 11) is 0. The molecular formula is C30H36. The molecule has 0 amide bonds. The zero-order chi connectivity index (χ0) is 18.4. The average molecular weight is 397 g/mol. The standard InChI is InChI=1S/C30H36/c1-12-3-20-15-5-19-18-11-27-8-13-2-17-23-21-4-14-7-26(23,6-13)25(27)28(19,10-14)30(20,21)29(9-12,24(17)27)22(18)16(1)15/h12-25H,1-11H2. The van der Waals surface area contributed by atoms with Crippen LogP contribution < -0.4 is 0 Å². The Bertz CT molecular complexity index is 1050. The van der Waals surface area contributed by atoms with Crippen molar-refractivity contribution >= 4 is 0 Å². The Labute approximate surface area is 180 Å². The van der Waals surface area contributed by atoms with Crippen LogP contribution in [0.5, 0.6) is 0 Å².